The van der Waals surface area contributed by atoms with E-state index in [1.165, 1.54) is 23.9 Å². The summed E-state index contributed by atoms with van der Waals surface area (Å²) < 4.78 is 29.7. The van der Waals surface area contributed by atoms with Crippen molar-refractivity contribution < 1.29 is 28.2 Å². The Morgan fingerprint density at radius 1 is 1.13 bits per heavy atom. The van der Waals surface area contributed by atoms with Crippen molar-refractivity contribution in [1.29, 1.82) is 0 Å². The fourth-order valence-electron chi connectivity index (χ4n) is 2.59. The van der Waals surface area contributed by atoms with E-state index in [1.807, 2.05) is 18.2 Å². The molecule has 156 valence electrons. The van der Waals surface area contributed by atoms with Crippen LogP contribution in [0.2, 0.25) is 0 Å². The fourth-order valence-corrected chi connectivity index (χ4v) is 4.24. The van der Waals surface area contributed by atoms with Crippen LogP contribution >= 0.6 is 11.8 Å². The van der Waals surface area contributed by atoms with Crippen LogP contribution in [0.15, 0.2) is 76.8 Å². The number of benzene rings is 2. The predicted molar refractivity (Wildman–Crippen MR) is 113 cm³/mol. The number of rotatable bonds is 8. The molecule has 1 atom stereocenters. The zero-order valence-corrected chi connectivity index (χ0v) is 17.6. The number of ether oxygens (including phenoxy) is 1. The highest BCUT2D eigenvalue weighted by molar-refractivity contribution is 7.99. The van der Waals surface area contributed by atoms with E-state index in [4.69, 9.17) is 9.84 Å². The minimum atomic E-state index is -3.70. The van der Waals surface area contributed by atoms with Crippen molar-refractivity contribution in [2.45, 2.75) is 16.0 Å². The van der Waals surface area contributed by atoms with Gasteiger partial charge in [-0.05, 0) is 48.0 Å². The number of aliphatic hydroxyl groups excluding tert-OH is 1. The van der Waals surface area contributed by atoms with Crippen molar-refractivity contribution in [3.05, 3.63) is 78.0 Å². The molecule has 2 aromatic carbocycles. The maximum atomic E-state index is 12.0. The molecule has 3 aromatic rings. The topological polar surface area (TPSA) is 114 Å². The van der Waals surface area contributed by atoms with E-state index in [0.29, 0.717) is 17.1 Å². The van der Waals surface area contributed by atoms with Gasteiger partial charge in [0.15, 0.2) is 9.84 Å². The summed E-state index contributed by atoms with van der Waals surface area (Å²) in [5.74, 6) is -0.419. The number of sulfone groups is 1. The van der Waals surface area contributed by atoms with E-state index < -0.39 is 21.9 Å². The molecule has 7 nitrogen and oxygen atoms in total. The Morgan fingerprint density at radius 2 is 1.87 bits per heavy atom. The third-order valence-corrected chi connectivity index (χ3v) is 6.25. The summed E-state index contributed by atoms with van der Waals surface area (Å²) in [6.07, 6.45) is 1.96. The van der Waals surface area contributed by atoms with Gasteiger partial charge < -0.3 is 14.9 Å². The van der Waals surface area contributed by atoms with Crippen LogP contribution in [0.4, 0.5) is 0 Å². The lowest BCUT2D eigenvalue weighted by Crippen LogP contribution is -2.04. The number of hydrogen-bond donors (Lipinski definition) is 2. The molecule has 0 radical (unpaired) electrons. The highest BCUT2D eigenvalue weighted by Gasteiger charge is 2.18. The highest BCUT2D eigenvalue weighted by atomic mass is 32.2. The summed E-state index contributed by atoms with van der Waals surface area (Å²) in [5.41, 5.74) is 0.530. The number of hydrogen-bond acceptors (Lipinski definition) is 7. The van der Waals surface area contributed by atoms with Crippen molar-refractivity contribution in [1.82, 2.24) is 4.98 Å². The van der Waals surface area contributed by atoms with Gasteiger partial charge in [0.05, 0.1) is 16.7 Å². The van der Waals surface area contributed by atoms with E-state index in [2.05, 4.69) is 4.98 Å². The number of aromatic nitrogens is 1. The summed E-state index contributed by atoms with van der Waals surface area (Å²) in [4.78, 5) is 15.1. The third kappa shape index (κ3) is 5.59. The molecule has 0 spiro atoms. The Bertz CT molecular complexity index is 1130. The minimum Gasteiger partial charge on any atom is -0.478 e. The first-order valence-electron chi connectivity index (χ1n) is 8.81. The highest BCUT2D eigenvalue weighted by Crippen LogP contribution is 2.31. The molecule has 0 saturated heterocycles. The standard InChI is InChI=1S/C21H19NO6S2/c1-30(26,27)19-12-15(21(24)25)7-10-18(19)28-16-8-5-14(6-9-16)17(23)13-29-20-4-2-3-11-22-20/h2-12,17,23H,13H2,1H3,(H,24,25). The normalized spacial score (nSPS) is 12.3. The van der Waals surface area contributed by atoms with Crippen LogP contribution in [0, 0.1) is 0 Å². The van der Waals surface area contributed by atoms with E-state index in [1.54, 1.807) is 30.5 Å². The first kappa shape index (κ1) is 21.8. The van der Waals surface area contributed by atoms with Crippen LogP contribution < -0.4 is 4.74 Å². The van der Waals surface area contributed by atoms with Gasteiger partial charge in [-0.3, -0.25) is 0 Å². The maximum Gasteiger partial charge on any atom is 0.335 e. The van der Waals surface area contributed by atoms with Gasteiger partial charge in [-0.2, -0.15) is 0 Å². The molecule has 3 rings (SSSR count). The molecule has 0 aliphatic carbocycles. The zero-order valence-electron chi connectivity index (χ0n) is 15.9. The zero-order chi connectivity index (χ0) is 21.7. The van der Waals surface area contributed by atoms with E-state index >= 15 is 0 Å². The molecule has 0 bridgehead atoms. The van der Waals surface area contributed by atoms with Crippen molar-refractivity contribution in [3.63, 3.8) is 0 Å². The Hall–Kier alpha value is -2.88. The number of nitrogens with zero attached hydrogens (tertiary/aromatic N) is 1. The number of aliphatic hydroxyl groups is 1. The number of aromatic carboxylic acids is 1. The number of carboxylic acid groups (broad SMARTS) is 1. The molecule has 1 aromatic heterocycles. The van der Waals surface area contributed by atoms with Crippen LogP contribution in [0.1, 0.15) is 22.0 Å². The van der Waals surface area contributed by atoms with Gasteiger partial charge in [0.1, 0.15) is 16.4 Å². The largest absolute Gasteiger partial charge is 0.478 e. The smallest absolute Gasteiger partial charge is 0.335 e. The molecular weight excluding hydrogens is 426 g/mol. The SMILES string of the molecule is CS(=O)(=O)c1cc(C(=O)O)ccc1Oc1ccc(C(O)CSc2ccccn2)cc1. The number of pyridine rings is 1. The molecular formula is C21H19NO6S2. The van der Waals surface area contributed by atoms with Crippen LogP contribution in [0.25, 0.3) is 0 Å². The van der Waals surface area contributed by atoms with Crippen molar-refractivity contribution in [2.75, 3.05) is 12.0 Å². The molecule has 1 unspecified atom stereocenters. The molecule has 30 heavy (non-hydrogen) atoms. The maximum absolute atomic E-state index is 12.0. The minimum absolute atomic E-state index is 0.0292. The summed E-state index contributed by atoms with van der Waals surface area (Å²) >= 11 is 1.43. The lowest BCUT2D eigenvalue weighted by molar-refractivity contribution is 0.0696. The second kappa shape index (κ2) is 9.29. The number of carbonyl (C=O) groups is 1. The predicted octanol–water partition coefficient (Wildman–Crippen LogP) is 3.80. The number of thioether (sulfide) groups is 1. The Labute approximate surface area is 178 Å². The monoisotopic (exact) mass is 445 g/mol. The first-order chi connectivity index (χ1) is 14.2. The Kier molecular flexibility index (Phi) is 6.76. The van der Waals surface area contributed by atoms with Gasteiger partial charge >= 0.3 is 5.97 Å². The average Bonchev–Trinajstić information content (AvgIpc) is 2.72. The van der Waals surface area contributed by atoms with Gasteiger partial charge in [-0.25, -0.2) is 18.2 Å². The van der Waals surface area contributed by atoms with Crippen molar-refractivity contribution in [3.8, 4) is 11.5 Å². The van der Waals surface area contributed by atoms with Gasteiger partial charge in [0.2, 0.25) is 0 Å². The summed E-state index contributed by atoms with van der Waals surface area (Å²) in [6, 6.07) is 15.8. The van der Waals surface area contributed by atoms with Gasteiger partial charge in [-0.15, -0.1) is 11.8 Å². The second-order valence-corrected chi connectivity index (χ2v) is 9.43. The van der Waals surface area contributed by atoms with E-state index in [-0.39, 0.29) is 16.2 Å². The molecule has 0 fully saturated rings. The van der Waals surface area contributed by atoms with Crippen molar-refractivity contribution >= 4 is 27.6 Å². The molecule has 0 saturated carbocycles. The van der Waals surface area contributed by atoms with Crippen LogP contribution in [0.5, 0.6) is 11.5 Å². The summed E-state index contributed by atoms with van der Waals surface area (Å²) in [7, 11) is -3.70. The summed E-state index contributed by atoms with van der Waals surface area (Å²) in [5, 5.41) is 20.3. The molecule has 2 N–H and O–H groups in total. The van der Waals surface area contributed by atoms with Crippen LogP contribution in [-0.2, 0) is 9.84 Å². The lowest BCUT2D eigenvalue weighted by Gasteiger charge is -2.13. The van der Waals surface area contributed by atoms with Crippen molar-refractivity contribution in [2.24, 2.45) is 0 Å². The quantitative estimate of drug-likeness (QED) is 0.503. The van der Waals surface area contributed by atoms with Crippen LogP contribution in [-0.4, -0.2) is 41.6 Å². The molecule has 0 aliphatic heterocycles. The van der Waals surface area contributed by atoms with Crippen LogP contribution in [0.3, 0.4) is 0 Å². The molecule has 0 amide bonds. The molecule has 9 heteroatoms. The first-order valence-corrected chi connectivity index (χ1v) is 11.7. The third-order valence-electron chi connectivity index (χ3n) is 4.11. The number of carboxylic acids is 1. The fraction of sp³-hybridized carbons (Fsp3) is 0.143. The van der Waals surface area contributed by atoms with E-state index in [0.717, 1.165) is 17.3 Å². The summed E-state index contributed by atoms with van der Waals surface area (Å²) in [6.45, 7) is 0. The average molecular weight is 446 g/mol. The van der Waals surface area contributed by atoms with Gasteiger partial charge in [0.25, 0.3) is 0 Å². The van der Waals surface area contributed by atoms with Gasteiger partial charge in [0, 0.05) is 18.2 Å². The van der Waals surface area contributed by atoms with E-state index in [9.17, 15) is 18.3 Å². The molecule has 1 heterocycles. The Morgan fingerprint density at radius 3 is 2.47 bits per heavy atom. The Balaban J connectivity index is 1.73. The lowest BCUT2D eigenvalue weighted by atomic mass is 10.1. The second-order valence-electron chi connectivity index (χ2n) is 6.40. The molecule has 0 aliphatic rings. The van der Waals surface area contributed by atoms with Gasteiger partial charge in [-0.1, -0.05) is 18.2 Å².